The van der Waals surface area contributed by atoms with Crippen molar-refractivity contribution in [2.24, 2.45) is 0 Å². The van der Waals surface area contributed by atoms with Gasteiger partial charge in [-0.15, -0.1) is 11.8 Å². The number of nitrogens with zero attached hydrogens (tertiary/aromatic N) is 2. The molecular formula is C21H22ClN3O4S2. The molecule has 0 bridgehead atoms. The molecule has 2 aliphatic rings. The minimum atomic E-state index is -3.73. The Hall–Kier alpha value is -2.07. The fourth-order valence-corrected chi connectivity index (χ4v) is 6.85. The van der Waals surface area contributed by atoms with Crippen molar-refractivity contribution in [2.75, 3.05) is 30.0 Å². The average Bonchev–Trinajstić information content (AvgIpc) is 3.47. The predicted molar refractivity (Wildman–Crippen MR) is 122 cm³/mol. The predicted octanol–water partition coefficient (Wildman–Crippen LogP) is 3.28. The van der Waals surface area contributed by atoms with Gasteiger partial charge in [-0.2, -0.15) is 4.31 Å². The number of carbonyl (C=O) groups excluding carboxylic acids is 2. The maximum absolute atomic E-state index is 13.0. The molecule has 31 heavy (non-hydrogen) atoms. The lowest BCUT2D eigenvalue weighted by atomic mass is 10.1. The number of thioether (sulfide) groups is 1. The SMILES string of the molecule is O=C(Nc1ccc(Cl)c(S(=O)(=O)N2CCCC2)c1)[C@@H]1CSCN1C(=O)c1ccccc1. The van der Waals surface area contributed by atoms with Gasteiger partial charge >= 0.3 is 0 Å². The topological polar surface area (TPSA) is 86.8 Å². The summed E-state index contributed by atoms with van der Waals surface area (Å²) < 4.78 is 27.3. The Balaban J connectivity index is 1.52. The Labute approximate surface area is 190 Å². The molecule has 2 aliphatic heterocycles. The van der Waals surface area contributed by atoms with E-state index in [2.05, 4.69) is 5.32 Å². The molecule has 0 aromatic heterocycles. The van der Waals surface area contributed by atoms with Gasteiger partial charge in [-0.3, -0.25) is 9.59 Å². The first-order valence-electron chi connectivity index (χ1n) is 9.92. The van der Waals surface area contributed by atoms with Crippen molar-refractivity contribution in [2.45, 2.75) is 23.8 Å². The van der Waals surface area contributed by atoms with Crippen LogP contribution in [0.4, 0.5) is 5.69 Å². The van der Waals surface area contributed by atoms with E-state index in [9.17, 15) is 18.0 Å². The van der Waals surface area contributed by atoms with Crippen LogP contribution in [0, 0.1) is 0 Å². The molecule has 0 spiro atoms. The zero-order valence-corrected chi connectivity index (χ0v) is 19.0. The van der Waals surface area contributed by atoms with E-state index in [-0.39, 0.29) is 21.7 Å². The summed E-state index contributed by atoms with van der Waals surface area (Å²) in [6.07, 6.45) is 1.63. The van der Waals surface area contributed by atoms with Gasteiger partial charge in [0.1, 0.15) is 10.9 Å². The quantitative estimate of drug-likeness (QED) is 0.711. The Morgan fingerprint density at radius 3 is 2.48 bits per heavy atom. The smallest absolute Gasteiger partial charge is 0.255 e. The van der Waals surface area contributed by atoms with Crippen LogP contribution in [0.25, 0.3) is 0 Å². The number of nitrogens with one attached hydrogen (secondary N) is 1. The molecule has 0 aliphatic carbocycles. The molecule has 1 atom stereocenters. The van der Waals surface area contributed by atoms with E-state index in [4.69, 9.17) is 11.6 Å². The zero-order valence-electron chi connectivity index (χ0n) is 16.7. The Morgan fingerprint density at radius 2 is 1.77 bits per heavy atom. The highest BCUT2D eigenvalue weighted by molar-refractivity contribution is 7.99. The van der Waals surface area contributed by atoms with Crippen molar-refractivity contribution >= 4 is 50.9 Å². The van der Waals surface area contributed by atoms with Gasteiger partial charge in [-0.25, -0.2) is 8.42 Å². The summed E-state index contributed by atoms with van der Waals surface area (Å²) in [7, 11) is -3.73. The average molecular weight is 480 g/mol. The van der Waals surface area contributed by atoms with Crippen LogP contribution in [-0.2, 0) is 14.8 Å². The van der Waals surface area contributed by atoms with Crippen molar-refractivity contribution in [3.63, 3.8) is 0 Å². The molecule has 2 aromatic carbocycles. The number of hydrogen-bond donors (Lipinski definition) is 1. The third-order valence-corrected chi connectivity index (χ3v) is 8.74. The molecule has 2 saturated heterocycles. The number of amides is 2. The monoisotopic (exact) mass is 479 g/mol. The summed E-state index contributed by atoms with van der Waals surface area (Å²) in [5.41, 5.74) is 0.851. The van der Waals surface area contributed by atoms with Crippen molar-refractivity contribution < 1.29 is 18.0 Å². The van der Waals surface area contributed by atoms with Crippen LogP contribution >= 0.6 is 23.4 Å². The first-order valence-corrected chi connectivity index (χ1v) is 12.9. The Morgan fingerprint density at radius 1 is 1.06 bits per heavy atom. The number of sulfonamides is 1. The van der Waals surface area contributed by atoms with Crippen LogP contribution < -0.4 is 5.32 Å². The van der Waals surface area contributed by atoms with Gasteiger partial charge in [0.15, 0.2) is 0 Å². The minimum Gasteiger partial charge on any atom is -0.324 e. The van der Waals surface area contributed by atoms with Gasteiger partial charge < -0.3 is 10.2 Å². The summed E-state index contributed by atoms with van der Waals surface area (Å²) in [5, 5.41) is 2.88. The molecule has 164 valence electrons. The number of halogens is 1. The molecule has 1 N–H and O–H groups in total. The van der Waals surface area contributed by atoms with Crippen LogP contribution in [0.2, 0.25) is 5.02 Å². The summed E-state index contributed by atoms with van der Waals surface area (Å²) in [5.74, 6) is 0.318. The van der Waals surface area contributed by atoms with Crippen LogP contribution in [0.5, 0.6) is 0 Å². The van der Waals surface area contributed by atoms with Gasteiger partial charge in [0.2, 0.25) is 15.9 Å². The van der Waals surface area contributed by atoms with E-state index in [1.54, 1.807) is 30.3 Å². The fourth-order valence-electron chi connectivity index (χ4n) is 3.68. The molecule has 7 nitrogen and oxygen atoms in total. The number of benzene rings is 2. The van der Waals surface area contributed by atoms with Crippen LogP contribution in [-0.4, -0.2) is 60.2 Å². The third kappa shape index (κ3) is 4.59. The lowest BCUT2D eigenvalue weighted by molar-refractivity contribution is -0.119. The second-order valence-corrected chi connectivity index (χ2v) is 10.7. The van der Waals surface area contributed by atoms with Crippen LogP contribution in [0.1, 0.15) is 23.2 Å². The molecule has 0 saturated carbocycles. The van der Waals surface area contributed by atoms with E-state index < -0.39 is 16.1 Å². The normalized spacial score (nSPS) is 19.5. The van der Waals surface area contributed by atoms with Gasteiger partial charge in [-0.1, -0.05) is 29.8 Å². The van der Waals surface area contributed by atoms with Crippen molar-refractivity contribution in [1.82, 2.24) is 9.21 Å². The number of carbonyl (C=O) groups is 2. The highest BCUT2D eigenvalue weighted by Crippen LogP contribution is 2.30. The van der Waals surface area contributed by atoms with E-state index in [0.717, 1.165) is 12.8 Å². The molecule has 0 unspecified atom stereocenters. The van der Waals surface area contributed by atoms with Crippen LogP contribution in [0.3, 0.4) is 0 Å². The molecule has 2 fully saturated rings. The first-order chi connectivity index (χ1) is 14.9. The van der Waals surface area contributed by atoms with E-state index in [1.165, 1.54) is 33.1 Å². The van der Waals surface area contributed by atoms with E-state index in [1.807, 2.05) is 6.07 Å². The van der Waals surface area contributed by atoms with Crippen LogP contribution in [0.15, 0.2) is 53.4 Å². The molecule has 0 radical (unpaired) electrons. The number of anilines is 1. The number of hydrogen-bond acceptors (Lipinski definition) is 5. The second-order valence-electron chi connectivity index (χ2n) is 7.40. The van der Waals surface area contributed by atoms with E-state index >= 15 is 0 Å². The van der Waals surface area contributed by atoms with Gasteiger partial charge in [0.05, 0.1) is 10.9 Å². The molecule has 2 heterocycles. The first kappa shape index (κ1) is 22.1. The largest absolute Gasteiger partial charge is 0.324 e. The highest BCUT2D eigenvalue weighted by Gasteiger charge is 2.35. The van der Waals surface area contributed by atoms with Crippen molar-refractivity contribution in [1.29, 1.82) is 0 Å². The maximum Gasteiger partial charge on any atom is 0.255 e. The summed E-state index contributed by atoms with van der Waals surface area (Å²) in [4.78, 5) is 27.3. The van der Waals surface area contributed by atoms with Gasteiger partial charge in [0, 0.05) is 30.1 Å². The zero-order chi connectivity index (χ0) is 22.0. The minimum absolute atomic E-state index is 0.0214. The lowest BCUT2D eigenvalue weighted by Gasteiger charge is -2.23. The molecule has 10 heteroatoms. The molecular weight excluding hydrogens is 458 g/mol. The lowest BCUT2D eigenvalue weighted by Crippen LogP contribution is -2.44. The fraction of sp³-hybridized carbons (Fsp3) is 0.333. The van der Waals surface area contributed by atoms with Gasteiger partial charge in [-0.05, 0) is 43.2 Å². The third-order valence-electron chi connectivity index (χ3n) is 5.35. The summed E-state index contributed by atoms with van der Waals surface area (Å²) in [6, 6.07) is 12.6. The second kappa shape index (κ2) is 9.20. The molecule has 2 aromatic rings. The van der Waals surface area contributed by atoms with E-state index in [0.29, 0.717) is 36.0 Å². The van der Waals surface area contributed by atoms with Crippen molar-refractivity contribution in [3.05, 3.63) is 59.1 Å². The summed E-state index contributed by atoms with van der Waals surface area (Å²) in [6.45, 7) is 0.927. The van der Waals surface area contributed by atoms with Crippen molar-refractivity contribution in [3.8, 4) is 0 Å². The number of rotatable bonds is 5. The maximum atomic E-state index is 13.0. The highest BCUT2D eigenvalue weighted by atomic mass is 35.5. The Kier molecular flexibility index (Phi) is 6.57. The molecule has 4 rings (SSSR count). The molecule has 2 amide bonds. The van der Waals surface area contributed by atoms with Gasteiger partial charge in [0.25, 0.3) is 5.91 Å². The summed E-state index contributed by atoms with van der Waals surface area (Å²) >= 11 is 7.68. The Bertz CT molecular complexity index is 1090. The standard InChI is InChI=1S/C21H22ClN3O4S2/c22-17-9-8-16(12-19(17)31(28,29)24-10-4-5-11-24)23-20(26)18-13-30-14-25(18)21(27)15-6-2-1-3-7-15/h1-3,6-9,12,18H,4-5,10-11,13-14H2,(H,23,26)/t18-/m0/s1.